The van der Waals surface area contributed by atoms with Crippen molar-refractivity contribution in [1.29, 1.82) is 0 Å². The molecule has 4 heterocycles. The highest BCUT2D eigenvalue weighted by molar-refractivity contribution is 14.1. The third-order valence-electron chi connectivity index (χ3n) is 6.92. The molecule has 0 aliphatic carbocycles. The molecule has 0 atom stereocenters. The highest BCUT2D eigenvalue weighted by atomic mass is 127. The van der Waals surface area contributed by atoms with Gasteiger partial charge >= 0.3 is 7.12 Å². The summed E-state index contributed by atoms with van der Waals surface area (Å²) in [5.41, 5.74) is 2.38. The van der Waals surface area contributed by atoms with Gasteiger partial charge in [0.2, 0.25) is 0 Å². The van der Waals surface area contributed by atoms with E-state index in [0.29, 0.717) is 0 Å². The normalized spacial score (nSPS) is 14.2. The maximum Gasteiger partial charge on any atom is 0.498 e. The summed E-state index contributed by atoms with van der Waals surface area (Å²) < 4.78 is 19.0. The summed E-state index contributed by atoms with van der Waals surface area (Å²) >= 11 is 8.81. The Kier molecular flexibility index (Phi) is 12.8. The number of hydrogen-bond acceptors (Lipinski definition) is 5. The number of nitrogens with zero attached hydrogens (tertiary/aromatic N) is 5. The summed E-state index contributed by atoms with van der Waals surface area (Å²) in [5.74, 6) is 0. The zero-order valence-electron chi connectivity index (χ0n) is 25.4. The Morgan fingerprint density at radius 2 is 1.16 bits per heavy atom. The predicted octanol–water partition coefficient (Wildman–Crippen LogP) is 8.27. The fraction of sp³-hybridized carbons (Fsp3) is 0.182. The summed E-state index contributed by atoms with van der Waals surface area (Å²) in [7, 11) is -0.363. The Morgan fingerprint density at radius 3 is 1.53 bits per heavy atom. The van der Waals surface area contributed by atoms with Crippen molar-refractivity contribution in [2.45, 2.75) is 38.9 Å². The van der Waals surface area contributed by atoms with Crippen LogP contribution < -0.4 is 5.46 Å². The van der Waals surface area contributed by atoms with Gasteiger partial charge in [-0.25, -0.2) is 9.36 Å². The molecule has 45 heavy (non-hydrogen) atoms. The zero-order valence-corrected chi connectivity index (χ0v) is 30.7. The molecule has 0 radical (unpaired) electrons. The molecule has 7 rings (SSSR count). The Bertz CT molecular complexity index is 1680. The average molecular weight is 844 g/mol. The van der Waals surface area contributed by atoms with E-state index < -0.39 is 0 Å². The standard InChI is InChI=1S/C15H19BN2O2.C9H7BrN2.C6H5I.C3H3BrN2/c1-14(2)15(3,4)20-16(19-14)12-10-17-18(11-12)13-8-6-5-7-9-13;10-8-6-11-12(7-8)9-4-2-1-3-5-9;7-6-4-2-1-3-5-6;4-3-1-5-6-2-3/h5-11H,1-4H3;1-7H;1-5H;1-2H,(H,5,6). The number of rotatable bonds is 3. The fourth-order valence-electron chi connectivity index (χ4n) is 3.83. The molecule has 3 aromatic carbocycles. The van der Waals surface area contributed by atoms with Gasteiger partial charge in [-0.1, -0.05) is 54.6 Å². The number of nitrogens with one attached hydrogen (secondary N) is 1. The van der Waals surface area contributed by atoms with E-state index in [1.807, 2.05) is 101 Å². The Morgan fingerprint density at radius 1 is 0.667 bits per heavy atom. The van der Waals surface area contributed by atoms with Crippen molar-refractivity contribution in [2.24, 2.45) is 0 Å². The Balaban J connectivity index is 0.000000155. The predicted molar refractivity (Wildman–Crippen MR) is 196 cm³/mol. The lowest BCUT2D eigenvalue weighted by Gasteiger charge is -2.32. The van der Waals surface area contributed by atoms with E-state index in [2.05, 4.69) is 115 Å². The van der Waals surface area contributed by atoms with Crippen LogP contribution in [0.4, 0.5) is 0 Å². The number of aromatic amines is 1. The van der Waals surface area contributed by atoms with Crippen LogP contribution in [0.1, 0.15) is 27.7 Å². The second kappa shape index (κ2) is 16.5. The molecular weight excluding hydrogens is 810 g/mol. The van der Waals surface area contributed by atoms with Crippen molar-refractivity contribution in [3.05, 3.63) is 141 Å². The van der Waals surface area contributed by atoms with Gasteiger partial charge in [0.15, 0.2) is 0 Å². The SMILES string of the molecule is Brc1cn[nH]c1.Brc1cnn(-c2ccccc2)c1.CC1(C)OB(c2cnn(-c3ccccc3)c2)OC1(C)C.Ic1ccccc1. The molecule has 3 aromatic heterocycles. The number of aromatic nitrogens is 6. The fourth-order valence-corrected chi connectivity index (χ4v) is 4.74. The highest BCUT2D eigenvalue weighted by Crippen LogP contribution is 2.36. The van der Waals surface area contributed by atoms with Crippen LogP contribution in [0.3, 0.4) is 0 Å². The van der Waals surface area contributed by atoms with E-state index in [0.717, 1.165) is 25.8 Å². The van der Waals surface area contributed by atoms with Crippen molar-refractivity contribution in [2.75, 3.05) is 0 Å². The first-order valence-corrected chi connectivity index (χ1v) is 16.8. The van der Waals surface area contributed by atoms with Gasteiger partial charge in [0, 0.05) is 33.8 Å². The second-order valence-electron chi connectivity index (χ2n) is 10.8. The van der Waals surface area contributed by atoms with E-state index >= 15 is 0 Å². The van der Waals surface area contributed by atoms with Crippen molar-refractivity contribution in [1.82, 2.24) is 29.8 Å². The molecule has 0 saturated carbocycles. The van der Waals surface area contributed by atoms with E-state index in [1.54, 1.807) is 24.8 Å². The summed E-state index contributed by atoms with van der Waals surface area (Å²) in [6.07, 6.45) is 10.9. The largest absolute Gasteiger partial charge is 0.498 e. The van der Waals surface area contributed by atoms with Gasteiger partial charge < -0.3 is 9.31 Å². The van der Waals surface area contributed by atoms with Crippen LogP contribution >= 0.6 is 54.5 Å². The minimum atomic E-state index is -0.363. The van der Waals surface area contributed by atoms with E-state index in [9.17, 15) is 0 Å². The smallest absolute Gasteiger partial charge is 0.399 e. The molecule has 12 heteroatoms. The van der Waals surface area contributed by atoms with Crippen LogP contribution in [-0.2, 0) is 9.31 Å². The number of benzene rings is 3. The molecule has 0 bridgehead atoms. The van der Waals surface area contributed by atoms with Gasteiger partial charge in [0.05, 0.1) is 43.9 Å². The van der Waals surface area contributed by atoms with Crippen molar-refractivity contribution in [3.63, 3.8) is 0 Å². The van der Waals surface area contributed by atoms with Gasteiger partial charge in [0.1, 0.15) is 0 Å². The Labute approximate surface area is 295 Å². The lowest BCUT2D eigenvalue weighted by Crippen LogP contribution is -2.41. The second-order valence-corrected chi connectivity index (χ2v) is 13.9. The molecule has 6 aromatic rings. The molecule has 1 aliphatic rings. The van der Waals surface area contributed by atoms with Gasteiger partial charge in [0.25, 0.3) is 0 Å². The number of hydrogen-bond donors (Lipinski definition) is 1. The third-order valence-corrected chi connectivity index (χ3v) is 8.48. The summed E-state index contributed by atoms with van der Waals surface area (Å²) in [5, 5.41) is 14.8. The minimum absolute atomic E-state index is 0.327. The van der Waals surface area contributed by atoms with Gasteiger partial charge in [-0.2, -0.15) is 15.3 Å². The number of halogens is 3. The first-order valence-electron chi connectivity index (χ1n) is 14.1. The molecular formula is C33H34BBr2IN6O2. The molecule has 1 aliphatic heterocycles. The van der Waals surface area contributed by atoms with Crippen LogP contribution in [0.5, 0.6) is 0 Å². The molecule has 232 valence electrons. The maximum atomic E-state index is 6.02. The quantitative estimate of drug-likeness (QED) is 0.143. The van der Waals surface area contributed by atoms with Gasteiger partial charge in [-0.3, -0.25) is 5.10 Å². The molecule has 0 unspecified atom stereocenters. The molecule has 1 N–H and O–H groups in total. The van der Waals surface area contributed by atoms with Crippen LogP contribution in [0.25, 0.3) is 11.4 Å². The zero-order chi connectivity index (χ0) is 32.3. The highest BCUT2D eigenvalue weighted by Gasteiger charge is 2.52. The maximum absolute atomic E-state index is 6.02. The van der Waals surface area contributed by atoms with Crippen LogP contribution in [0.15, 0.2) is 137 Å². The molecule has 0 amide bonds. The Hall–Kier alpha value is -3.04. The monoisotopic (exact) mass is 842 g/mol. The summed E-state index contributed by atoms with van der Waals surface area (Å²) in [6, 6.07) is 30.2. The van der Waals surface area contributed by atoms with Gasteiger partial charge in [-0.15, -0.1) is 0 Å². The lowest BCUT2D eigenvalue weighted by atomic mass is 9.82. The van der Waals surface area contributed by atoms with Crippen LogP contribution in [-0.4, -0.2) is 48.1 Å². The number of H-pyrrole nitrogens is 1. The van der Waals surface area contributed by atoms with Crippen LogP contribution in [0.2, 0.25) is 0 Å². The first kappa shape index (κ1) is 34.8. The molecule has 1 saturated heterocycles. The van der Waals surface area contributed by atoms with Crippen molar-refractivity contribution >= 4 is 67.0 Å². The molecule has 0 spiro atoms. The van der Waals surface area contributed by atoms with Crippen LogP contribution in [0, 0.1) is 3.57 Å². The molecule has 8 nitrogen and oxygen atoms in total. The van der Waals surface area contributed by atoms with E-state index in [-0.39, 0.29) is 18.3 Å². The van der Waals surface area contributed by atoms with E-state index in [4.69, 9.17) is 9.31 Å². The summed E-state index contributed by atoms with van der Waals surface area (Å²) in [6.45, 7) is 8.20. The van der Waals surface area contributed by atoms with Gasteiger partial charge in [-0.05, 0) is 119 Å². The lowest BCUT2D eigenvalue weighted by molar-refractivity contribution is 0.00578. The summed E-state index contributed by atoms with van der Waals surface area (Å²) in [4.78, 5) is 0. The first-order chi connectivity index (χ1) is 21.5. The average Bonchev–Trinajstić information content (AvgIpc) is 3.84. The van der Waals surface area contributed by atoms with Crippen molar-refractivity contribution < 1.29 is 9.31 Å². The molecule has 1 fully saturated rings. The van der Waals surface area contributed by atoms with Crippen molar-refractivity contribution in [3.8, 4) is 11.4 Å². The number of para-hydroxylation sites is 2. The van der Waals surface area contributed by atoms with E-state index in [1.165, 1.54) is 3.57 Å². The third kappa shape index (κ3) is 10.5. The minimum Gasteiger partial charge on any atom is -0.399 e. The topological polar surface area (TPSA) is 82.8 Å².